The summed E-state index contributed by atoms with van der Waals surface area (Å²) in [5, 5.41) is 0.292. The molecule has 1 aliphatic heterocycles. The van der Waals surface area contributed by atoms with Gasteiger partial charge in [-0.1, -0.05) is 44.0 Å². The molecule has 3 rings (SSSR count). The average molecular weight is 385 g/mol. The highest BCUT2D eigenvalue weighted by Crippen LogP contribution is 2.52. The first kappa shape index (κ1) is 18.5. The molecule has 1 aromatic heterocycles. The molecular weight excluding hydrogens is 363 g/mol. The fraction of sp³-hybridized carbons (Fsp3) is 0.611. The standard InChI is InChI=1S/C18H22Cl2N2O3/c1-17(2)5-12-6-18(3,9-17)10-22(12)14(23)8-25-16(24)11-4-13(19)15(20)21-7-11/h4,7,12H,5-6,8-10H2,1-3H3. The molecular formula is C18H22Cl2N2O3. The van der Waals surface area contributed by atoms with E-state index in [1.54, 1.807) is 0 Å². The summed E-state index contributed by atoms with van der Waals surface area (Å²) in [5.74, 6) is -0.777. The molecule has 2 heterocycles. The van der Waals surface area contributed by atoms with Gasteiger partial charge in [0, 0.05) is 18.8 Å². The smallest absolute Gasteiger partial charge is 0.340 e. The lowest BCUT2D eigenvalue weighted by atomic mass is 9.65. The predicted octanol–water partition coefficient (Wildman–Crippen LogP) is 3.97. The number of aromatic nitrogens is 1. The highest BCUT2D eigenvalue weighted by Gasteiger charge is 2.50. The summed E-state index contributed by atoms with van der Waals surface area (Å²) in [7, 11) is 0. The number of carbonyl (C=O) groups is 2. The van der Waals surface area contributed by atoms with E-state index in [1.165, 1.54) is 12.3 Å². The second kappa shape index (κ2) is 6.44. The summed E-state index contributed by atoms with van der Waals surface area (Å²) in [4.78, 5) is 30.4. The van der Waals surface area contributed by atoms with E-state index in [2.05, 4.69) is 25.8 Å². The van der Waals surface area contributed by atoms with Crippen LogP contribution in [0.3, 0.4) is 0 Å². The first-order chi connectivity index (χ1) is 11.6. The van der Waals surface area contributed by atoms with E-state index in [0.29, 0.717) is 0 Å². The third-order valence-electron chi connectivity index (χ3n) is 5.09. The lowest BCUT2D eigenvalue weighted by Crippen LogP contribution is -2.39. The van der Waals surface area contributed by atoms with Crippen molar-refractivity contribution in [1.82, 2.24) is 9.88 Å². The van der Waals surface area contributed by atoms with E-state index < -0.39 is 5.97 Å². The van der Waals surface area contributed by atoms with Crippen molar-refractivity contribution >= 4 is 35.1 Å². The van der Waals surface area contributed by atoms with Crippen LogP contribution in [-0.4, -0.2) is 41.0 Å². The van der Waals surface area contributed by atoms with Crippen LogP contribution in [0.25, 0.3) is 0 Å². The van der Waals surface area contributed by atoms with Crippen LogP contribution in [0.4, 0.5) is 0 Å². The monoisotopic (exact) mass is 384 g/mol. The number of ether oxygens (including phenoxy) is 1. The summed E-state index contributed by atoms with van der Waals surface area (Å²) in [6, 6.07) is 1.61. The number of esters is 1. The molecule has 0 spiro atoms. The van der Waals surface area contributed by atoms with Gasteiger partial charge in [-0.25, -0.2) is 9.78 Å². The van der Waals surface area contributed by atoms with Gasteiger partial charge in [-0.15, -0.1) is 0 Å². The zero-order valence-corrected chi connectivity index (χ0v) is 16.2. The Morgan fingerprint density at radius 2 is 2.04 bits per heavy atom. The maximum Gasteiger partial charge on any atom is 0.340 e. The number of fused-ring (bicyclic) bond motifs is 2. The number of hydrogen-bond acceptors (Lipinski definition) is 4. The molecule has 136 valence electrons. The zero-order valence-electron chi connectivity index (χ0n) is 14.6. The number of pyridine rings is 1. The molecule has 1 saturated heterocycles. The van der Waals surface area contributed by atoms with Gasteiger partial charge in [0.1, 0.15) is 5.15 Å². The van der Waals surface area contributed by atoms with Gasteiger partial charge in [-0.05, 0) is 36.2 Å². The Morgan fingerprint density at radius 3 is 2.72 bits per heavy atom. The number of carbonyl (C=O) groups excluding carboxylic acids is 2. The van der Waals surface area contributed by atoms with Crippen molar-refractivity contribution in [2.75, 3.05) is 13.2 Å². The van der Waals surface area contributed by atoms with Gasteiger partial charge in [-0.3, -0.25) is 4.79 Å². The highest BCUT2D eigenvalue weighted by molar-refractivity contribution is 6.41. The molecule has 0 N–H and O–H groups in total. The summed E-state index contributed by atoms with van der Waals surface area (Å²) < 4.78 is 5.16. The number of likely N-dealkylation sites (tertiary alicyclic amines) is 1. The highest BCUT2D eigenvalue weighted by atomic mass is 35.5. The van der Waals surface area contributed by atoms with Gasteiger partial charge in [0.25, 0.3) is 5.91 Å². The minimum atomic E-state index is -0.631. The first-order valence-electron chi connectivity index (χ1n) is 8.36. The van der Waals surface area contributed by atoms with E-state index in [-0.39, 0.29) is 45.1 Å². The maximum atomic E-state index is 12.6. The van der Waals surface area contributed by atoms with Crippen molar-refractivity contribution in [2.24, 2.45) is 10.8 Å². The SMILES string of the molecule is CC1(C)CC2CC(C)(CN2C(=O)COC(=O)c2cnc(Cl)c(Cl)c2)C1. The summed E-state index contributed by atoms with van der Waals surface area (Å²) >= 11 is 11.6. The second-order valence-corrected chi connectivity index (χ2v) is 9.07. The third kappa shape index (κ3) is 3.93. The Labute approximate surface area is 157 Å². The van der Waals surface area contributed by atoms with E-state index in [9.17, 15) is 9.59 Å². The van der Waals surface area contributed by atoms with Crippen LogP contribution in [0.15, 0.2) is 12.3 Å². The molecule has 7 heteroatoms. The molecule has 5 nitrogen and oxygen atoms in total. The van der Waals surface area contributed by atoms with Crippen LogP contribution >= 0.6 is 23.2 Å². The van der Waals surface area contributed by atoms with Gasteiger partial charge >= 0.3 is 5.97 Å². The molecule has 2 atom stereocenters. The Hall–Kier alpha value is -1.33. The summed E-state index contributed by atoms with van der Waals surface area (Å²) in [6.45, 7) is 7.20. The van der Waals surface area contributed by atoms with E-state index in [4.69, 9.17) is 27.9 Å². The Kier molecular flexibility index (Phi) is 4.75. The van der Waals surface area contributed by atoms with Crippen LogP contribution < -0.4 is 0 Å². The molecule has 2 aliphatic rings. The van der Waals surface area contributed by atoms with Crippen LogP contribution in [0.1, 0.15) is 50.4 Å². The second-order valence-electron chi connectivity index (χ2n) is 8.31. The predicted molar refractivity (Wildman–Crippen MR) is 95.8 cm³/mol. The Morgan fingerprint density at radius 1 is 1.32 bits per heavy atom. The zero-order chi connectivity index (χ0) is 18.4. The average Bonchev–Trinajstić information content (AvgIpc) is 2.76. The minimum absolute atomic E-state index is 0.120. The molecule has 1 saturated carbocycles. The van der Waals surface area contributed by atoms with Crippen LogP contribution in [0.2, 0.25) is 10.2 Å². The molecule has 0 aromatic carbocycles. The quantitative estimate of drug-likeness (QED) is 0.584. The van der Waals surface area contributed by atoms with Crippen molar-refractivity contribution < 1.29 is 14.3 Å². The van der Waals surface area contributed by atoms with Gasteiger partial charge in [0.2, 0.25) is 0 Å². The van der Waals surface area contributed by atoms with Crippen molar-refractivity contribution in [3.05, 3.63) is 28.0 Å². The lowest BCUT2D eigenvalue weighted by molar-refractivity contribution is -0.135. The normalized spacial score (nSPS) is 27.2. The van der Waals surface area contributed by atoms with Gasteiger partial charge in [-0.2, -0.15) is 0 Å². The van der Waals surface area contributed by atoms with Crippen LogP contribution in [-0.2, 0) is 9.53 Å². The van der Waals surface area contributed by atoms with Crippen LogP contribution in [0, 0.1) is 10.8 Å². The van der Waals surface area contributed by atoms with Crippen molar-refractivity contribution in [3.63, 3.8) is 0 Å². The molecule has 25 heavy (non-hydrogen) atoms. The Bertz CT molecular complexity index is 722. The topological polar surface area (TPSA) is 59.5 Å². The molecule has 1 aromatic rings. The summed E-state index contributed by atoms with van der Waals surface area (Å²) in [6.07, 6.45) is 4.40. The van der Waals surface area contributed by atoms with Crippen molar-refractivity contribution in [1.29, 1.82) is 0 Å². The molecule has 0 radical (unpaired) electrons. The maximum absolute atomic E-state index is 12.6. The molecule has 2 fully saturated rings. The van der Waals surface area contributed by atoms with E-state index in [1.807, 2.05) is 4.90 Å². The van der Waals surface area contributed by atoms with Crippen molar-refractivity contribution in [3.8, 4) is 0 Å². The fourth-order valence-corrected chi connectivity index (χ4v) is 4.85. The number of halogens is 2. The van der Waals surface area contributed by atoms with Crippen LogP contribution in [0.5, 0.6) is 0 Å². The number of nitrogens with zero attached hydrogens (tertiary/aromatic N) is 2. The number of hydrogen-bond donors (Lipinski definition) is 0. The fourth-order valence-electron chi connectivity index (χ4n) is 4.58. The third-order valence-corrected chi connectivity index (χ3v) is 5.78. The van der Waals surface area contributed by atoms with Gasteiger partial charge in [0.15, 0.2) is 6.61 Å². The molecule has 1 amide bonds. The minimum Gasteiger partial charge on any atom is -0.452 e. The lowest BCUT2D eigenvalue weighted by Gasteiger charge is -2.39. The van der Waals surface area contributed by atoms with Crippen molar-refractivity contribution in [2.45, 2.75) is 46.1 Å². The van der Waals surface area contributed by atoms with E-state index in [0.717, 1.165) is 25.8 Å². The number of rotatable bonds is 3. The molecule has 1 aliphatic carbocycles. The van der Waals surface area contributed by atoms with E-state index >= 15 is 0 Å². The number of amides is 1. The van der Waals surface area contributed by atoms with Gasteiger partial charge < -0.3 is 9.64 Å². The summed E-state index contributed by atoms with van der Waals surface area (Å²) in [5.41, 5.74) is 0.560. The largest absolute Gasteiger partial charge is 0.452 e. The molecule has 2 bridgehead atoms. The Balaban J connectivity index is 1.61. The first-order valence-corrected chi connectivity index (χ1v) is 9.12. The molecule has 2 unspecified atom stereocenters. The van der Waals surface area contributed by atoms with Gasteiger partial charge in [0.05, 0.1) is 10.6 Å².